The van der Waals surface area contributed by atoms with Crippen LogP contribution >= 0.6 is 0 Å². The first kappa shape index (κ1) is 20.7. The Bertz CT molecular complexity index is 804. The third-order valence-electron chi connectivity index (χ3n) is 4.08. The van der Waals surface area contributed by atoms with Gasteiger partial charge in [-0.2, -0.15) is 0 Å². The molecule has 27 heavy (non-hydrogen) atoms. The number of carbonyl (C=O) groups excluding carboxylic acids is 1. The van der Waals surface area contributed by atoms with Crippen molar-refractivity contribution in [3.8, 4) is 5.75 Å². The predicted molar refractivity (Wildman–Crippen MR) is 109 cm³/mol. The summed E-state index contributed by atoms with van der Waals surface area (Å²) in [4.78, 5) is 12.1. The number of carbonyl (C=O) groups is 1. The maximum Gasteiger partial charge on any atom is 0.161 e. The molecule has 4 heteroatoms. The first-order valence-corrected chi connectivity index (χ1v) is 9.13. The molecule has 144 valence electrons. The Kier molecular flexibility index (Phi) is 6.81. The molecule has 0 aliphatic carbocycles. The van der Waals surface area contributed by atoms with Crippen molar-refractivity contribution in [2.45, 2.75) is 52.9 Å². The van der Waals surface area contributed by atoms with Crippen molar-refractivity contribution in [3.05, 3.63) is 71.4 Å². The van der Waals surface area contributed by atoms with E-state index in [2.05, 4.69) is 0 Å². The summed E-state index contributed by atoms with van der Waals surface area (Å²) in [7, 11) is 0. The summed E-state index contributed by atoms with van der Waals surface area (Å²) in [6.07, 6.45) is 1.16. The molecular formula is C23H29NO3. The van der Waals surface area contributed by atoms with Crippen LogP contribution in [0.4, 0.5) is 0 Å². The average Bonchev–Trinajstić information content (AvgIpc) is 2.60. The monoisotopic (exact) mass is 367 g/mol. The van der Waals surface area contributed by atoms with Crippen molar-refractivity contribution in [3.63, 3.8) is 0 Å². The zero-order chi connectivity index (χ0) is 20.0. The maximum absolute atomic E-state index is 12.1. The van der Waals surface area contributed by atoms with Gasteiger partial charge in [-0.1, -0.05) is 36.4 Å². The first-order chi connectivity index (χ1) is 12.7. The number of rotatable bonds is 7. The lowest BCUT2D eigenvalue weighted by atomic mass is 9.94. The summed E-state index contributed by atoms with van der Waals surface area (Å²) >= 11 is 0. The van der Waals surface area contributed by atoms with Crippen LogP contribution in [-0.4, -0.2) is 11.4 Å². The maximum atomic E-state index is 12.1. The first-order valence-electron chi connectivity index (χ1n) is 9.13. The number of allylic oxidation sites excluding steroid dienone is 1. The van der Waals surface area contributed by atoms with Gasteiger partial charge in [-0.3, -0.25) is 4.79 Å². The number of Topliss-reactive ketones (excluding diaryl/α,β-unsaturated/α-hetero) is 1. The minimum atomic E-state index is -0.304. The zero-order valence-electron chi connectivity index (χ0n) is 16.8. The second kappa shape index (κ2) is 8.87. The molecule has 1 unspecified atom stereocenters. The Morgan fingerprint density at radius 1 is 1.15 bits per heavy atom. The number of nitrogens with two attached hydrogens (primary N) is 1. The van der Waals surface area contributed by atoms with E-state index in [-0.39, 0.29) is 17.5 Å². The summed E-state index contributed by atoms with van der Waals surface area (Å²) in [5.74, 6) is 0.586. The highest BCUT2D eigenvalue weighted by Crippen LogP contribution is 2.33. The lowest BCUT2D eigenvalue weighted by Crippen LogP contribution is -2.22. The highest BCUT2D eigenvalue weighted by Gasteiger charge is 2.22. The van der Waals surface area contributed by atoms with E-state index >= 15 is 0 Å². The van der Waals surface area contributed by atoms with Gasteiger partial charge in [0.05, 0.1) is 11.7 Å². The van der Waals surface area contributed by atoms with Crippen LogP contribution in [-0.2, 0) is 16.1 Å². The fraction of sp³-hybridized carbons (Fsp3) is 0.348. The SMILES string of the molecule is CC(=O)/C(=C/N)c1cc(OCc2ccccc2)ccc1C(C)OC(C)(C)C. The molecule has 0 fully saturated rings. The van der Waals surface area contributed by atoms with E-state index in [1.807, 2.05) is 76.2 Å². The number of ketones is 1. The fourth-order valence-corrected chi connectivity index (χ4v) is 2.94. The molecule has 2 N–H and O–H groups in total. The average molecular weight is 367 g/mol. The van der Waals surface area contributed by atoms with E-state index in [0.717, 1.165) is 16.7 Å². The molecule has 4 nitrogen and oxygen atoms in total. The third kappa shape index (κ3) is 5.97. The smallest absolute Gasteiger partial charge is 0.161 e. The molecule has 2 aromatic rings. The van der Waals surface area contributed by atoms with Crippen molar-refractivity contribution < 1.29 is 14.3 Å². The predicted octanol–water partition coefficient (Wildman–Crippen LogP) is 5.03. The summed E-state index contributed by atoms with van der Waals surface area (Å²) < 4.78 is 12.0. The second-order valence-corrected chi connectivity index (χ2v) is 7.53. The van der Waals surface area contributed by atoms with E-state index in [1.165, 1.54) is 13.1 Å². The van der Waals surface area contributed by atoms with Gasteiger partial charge >= 0.3 is 0 Å². The number of hydrogen-bond acceptors (Lipinski definition) is 4. The molecule has 0 heterocycles. The van der Waals surface area contributed by atoms with Gasteiger partial charge in [0.15, 0.2) is 5.78 Å². The van der Waals surface area contributed by atoms with Gasteiger partial charge in [0.1, 0.15) is 12.4 Å². The Morgan fingerprint density at radius 3 is 2.37 bits per heavy atom. The normalized spacial score (nSPS) is 13.3. The largest absolute Gasteiger partial charge is 0.489 e. The third-order valence-corrected chi connectivity index (χ3v) is 4.08. The second-order valence-electron chi connectivity index (χ2n) is 7.53. The topological polar surface area (TPSA) is 61.6 Å². The minimum Gasteiger partial charge on any atom is -0.489 e. The highest BCUT2D eigenvalue weighted by atomic mass is 16.5. The number of hydrogen-bond donors (Lipinski definition) is 1. The van der Waals surface area contributed by atoms with Crippen molar-refractivity contribution in [2.24, 2.45) is 5.73 Å². The molecule has 0 aromatic heterocycles. The minimum absolute atomic E-state index is 0.0954. The van der Waals surface area contributed by atoms with Gasteiger partial charge in [-0.05, 0) is 63.4 Å². The van der Waals surface area contributed by atoms with E-state index in [9.17, 15) is 4.79 Å². The zero-order valence-corrected chi connectivity index (χ0v) is 16.8. The van der Waals surface area contributed by atoms with E-state index < -0.39 is 0 Å². The lowest BCUT2D eigenvalue weighted by molar-refractivity contribution is -0.111. The summed E-state index contributed by atoms with van der Waals surface area (Å²) in [5.41, 5.74) is 8.63. The van der Waals surface area contributed by atoms with Gasteiger partial charge in [0, 0.05) is 11.8 Å². The molecule has 0 amide bonds. The molecule has 0 bridgehead atoms. The van der Waals surface area contributed by atoms with Gasteiger partial charge < -0.3 is 15.2 Å². The van der Waals surface area contributed by atoms with Crippen LogP contribution in [0.2, 0.25) is 0 Å². The lowest BCUT2D eigenvalue weighted by Gasteiger charge is -2.27. The summed E-state index contributed by atoms with van der Waals surface area (Å²) in [5, 5.41) is 0. The van der Waals surface area contributed by atoms with Crippen LogP contribution in [0.5, 0.6) is 5.75 Å². The molecule has 2 aromatic carbocycles. The summed E-state index contributed by atoms with van der Waals surface area (Å²) in [6, 6.07) is 15.6. The molecule has 1 atom stereocenters. The van der Waals surface area contributed by atoms with Gasteiger partial charge in [-0.25, -0.2) is 0 Å². The van der Waals surface area contributed by atoms with Crippen LogP contribution in [0.25, 0.3) is 5.57 Å². The van der Waals surface area contributed by atoms with Crippen molar-refractivity contribution in [2.75, 3.05) is 0 Å². The van der Waals surface area contributed by atoms with Gasteiger partial charge in [-0.15, -0.1) is 0 Å². The molecule has 0 saturated carbocycles. The Balaban J connectivity index is 2.35. The molecule has 2 rings (SSSR count). The highest BCUT2D eigenvalue weighted by molar-refractivity contribution is 6.19. The standard InChI is InChI=1S/C23H29NO3/c1-16(25)22(14-24)21-13-19(26-15-18-9-7-6-8-10-18)11-12-20(21)17(2)27-23(3,4)5/h6-14,17H,15,24H2,1-5H3/b22-14-. The van der Waals surface area contributed by atoms with Crippen molar-refractivity contribution in [1.29, 1.82) is 0 Å². The Hall–Kier alpha value is -2.59. The van der Waals surface area contributed by atoms with Crippen LogP contribution in [0.1, 0.15) is 57.4 Å². The van der Waals surface area contributed by atoms with Gasteiger partial charge in [0.25, 0.3) is 0 Å². The molecular weight excluding hydrogens is 338 g/mol. The number of benzene rings is 2. The summed E-state index contributed by atoms with van der Waals surface area (Å²) in [6.45, 7) is 9.95. The molecule has 0 saturated heterocycles. The van der Waals surface area contributed by atoms with Crippen LogP contribution in [0, 0.1) is 0 Å². The number of ether oxygens (including phenoxy) is 2. The van der Waals surface area contributed by atoms with Crippen molar-refractivity contribution >= 4 is 11.4 Å². The molecule has 0 aliphatic rings. The van der Waals surface area contributed by atoms with Crippen LogP contribution in [0.15, 0.2) is 54.7 Å². The molecule has 0 radical (unpaired) electrons. The van der Waals surface area contributed by atoms with Crippen molar-refractivity contribution in [1.82, 2.24) is 0 Å². The molecule has 0 aliphatic heterocycles. The molecule has 0 spiro atoms. The van der Waals surface area contributed by atoms with E-state index in [1.54, 1.807) is 0 Å². The quantitative estimate of drug-likeness (QED) is 0.697. The van der Waals surface area contributed by atoms with Crippen LogP contribution < -0.4 is 10.5 Å². The van der Waals surface area contributed by atoms with Crippen LogP contribution in [0.3, 0.4) is 0 Å². The Morgan fingerprint density at radius 2 is 1.81 bits per heavy atom. The van der Waals surface area contributed by atoms with E-state index in [0.29, 0.717) is 17.9 Å². The Labute approximate surface area is 162 Å². The van der Waals surface area contributed by atoms with E-state index in [4.69, 9.17) is 15.2 Å². The van der Waals surface area contributed by atoms with Gasteiger partial charge in [0.2, 0.25) is 0 Å². The fourth-order valence-electron chi connectivity index (χ4n) is 2.94.